The van der Waals surface area contributed by atoms with Gasteiger partial charge in [0, 0.05) is 13.2 Å². The summed E-state index contributed by atoms with van der Waals surface area (Å²) in [4.78, 5) is 10.6. The monoisotopic (exact) mass is 197 g/mol. The number of carboxylic acids is 1. The molecule has 0 unspecified atom stereocenters. The molecule has 0 aliphatic carbocycles. The average Bonchev–Trinajstić information content (AvgIpc) is 2.30. The SMILES string of the molecule is Cn1cc(CC(C)(C)CC(=O)O)nn1. The molecular formula is C9H15N3O2. The Morgan fingerprint density at radius 1 is 1.64 bits per heavy atom. The predicted octanol–water partition coefficient (Wildman–Crippen LogP) is 0.858. The maximum Gasteiger partial charge on any atom is 0.303 e. The Balaban J connectivity index is 2.63. The van der Waals surface area contributed by atoms with Gasteiger partial charge < -0.3 is 5.11 Å². The standard InChI is InChI=1S/C9H15N3O2/c1-9(2,5-8(13)14)4-7-6-12(3)11-10-7/h6H,4-5H2,1-3H3,(H,13,14). The van der Waals surface area contributed by atoms with E-state index in [0.29, 0.717) is 6.42 Å². The van der Waals surface area contributed by atoms with Crippen molar-refractivity contribution in [2.75, 3.05) is 0 Å². The third kappa shape index (κ3) is 3.16. The third-order valence-corrected chi connectivity index (χ3v) is 1.94. The number of aryl methyl sites for hydroxylation is 1. The summed E-state index contributed by atoms with van der Waals surface area (Å²) in [5.41, 5.74) is 0.556. The van der Waals surface area contributed by atoms with Crippen molar-refractivity contribution in [3.05, 3.63) is 11.9 Å². The van der Waals surface area contributed by atoms with Crippen molar-refractivity contribution in [1.82, 2.24) is 15.0 Å². The van der Waals surface area contributed by atoms with Gasteiger partial charge in [0.05, 0.1) is 12.1 Å². The Kier molecular flexibility index (Phi) is 2.88. The first-order chi connectivity index (χ1) is 6.39. The summed E-state index contributed by atoms with van der Waals surface area (Å²) in [6, 6.07) is 0. The summed E-state index contributed by atoms with van der Waals surface area (Å²) in [5, 5.41) is 16.4. The molecule has 1 aromatic rings. The Labute approximate surface area is 82.7 Å². The summed E-state index contributed by atoms with van der Waals surface area (Å²) in [6.07, 6.45) is 2.58. The number of hydrogen-bond acceptors (Lipinski definition) is 3. The average molecular weight is 197 g/mol. The fourth-order valence-electron chi connectivity index (χ4n) is 1.44. The molecule has 1 N–H and O–H groups in total. The maximum atomic E-state index is 10.6. The molecule has 5 heteroatoms. The summed E-state index contributed by atoms with van der Waals surface area (Å²) >= 11 is 0. The van der Waals surface area contributed by atoms with Crippen LogP contribution in [0.4, 0.5) is 0 Å². The van der Waals surface area contributed by atoms with Gasteiger partial charge in [-0.05, 0) is 11.8 Å². The van der Waals surface area contributed by atoms with Crippen LogP contribution in [0.25, 0.3) is 0 Å². The highest BCUT2D eigenvalue weighted by atomic mass is 16.4. The van der Waals surface area contributed by atoms with E-state index < -0.39 is 5.97 Å². The summed E-state index contributed by atoms with van der Waals surface area (Å²) in [5.74, 6) is -0.779. The molecule has 78 valence electrons. The van der Waals surface area contributed by atoms with Gasteiger partial charge >= 0.3 is 5.97 Å². The topological polar surface area (TPSA) is 68.0 Å². The highest BCUT2D eigenvalue weighted by Crippen LogP contribution is 2.24. The molecule has 0 spiro atoms. The van der Waals surface area contributed by atoms with Gasteiger partial charge in [-0.15, -0.1) is 5.10 Å². The molecule has 1 rings (SSSR count). The molecule has 0 bridgehead atoms. The van der Waals surface area contributed by atoms with Gasteiger partial charge in [0.25, 0.3) is 0 Å². The molecule has 0 fully saturated rings. The summed E-state index contributed by atoms with van der Waals surface area (Å²) in [7, 11) is 1.79. The van der Waals surface area contributed by atoms with Crippen molar-refractivity contribution in [1.29, 1.82) is 0 Å². The van der Waals surface area contributed by atoms with Crippen LogP contribution in [0.15, 0.2) is 6.20 Å². The lowest BCUT2D eigenvalue weighted by Gasteiger charge is -2.20. The molecular weight excluding hydrogens is 182 g/mol. The zero-order valence-electron chi connectivity index (χ0n) is 8.69. The lowest BCUT2D eigenvalue weighted by atomic mass is 9.85. The Bertz CT molecular complexity index is 331. The van der Waals surface area contributed by atoms with Crippen molar-refractivity contribution in [3.63, 3.8) is 0 Å². The van der Waals surface area contributed by atoms with Crippen LogP contribution in [0.5, 0.6) is 0 Å². The normalized spacial score (nSPS) is 11.6. The quantitative estimate of drug-likeness (QED) is 0.777. The Hall–Kier alpha value is -1.39. The number of aromatic nitrogens is 3. The number of rotatable bonds is 4. The number of aliphatic carboxylic acids is 1. The highest BCUT2D eigenvalue weighted by molar-refractivity contribution is 5.67. The maximum absolute atomic E-state index is 10.6. The minimum Gasteiger partial charge on any atom is -0.481 e. The third-order valence-electron chi connectivity index (χ3n) is 1.94. The van der Waals surface area contributed by atoms with E-state index in [-0.39, 0.29) is 11.8 Å². The molecule has 0 saturated heterocycles. The smallest absolute Gasteiger partial charge is 0.303 e. The van der Waals surface area contributed by atoms with Gasteiger partial charge in [-0.2, -0.15) is 0 Å². The molecule has 0 saturated carbocycles. The lowest BCUT2D eigenvalue weighted by Crippen LogP contribution is -2.19. The van der Waals surface area contributed by atoms with Crippen molar-refractivity contribution >= 4 is 5.97 Å². The van der Waals surface area contributed by atoms with Crippen LogP contribution in [0.2, 0.25) is 0 Å². The van der Waals surface area contributed by atoms with E-state index in [9.17, 15) is 4.79 Å². The first-order valence-corrected chi connectivity index (χ1v) is 4.46. The second-order valence-electron chi connectivity index (χ2n) is 4.30. The highest BCUT2D eigenvalue weighted by Gasteiger charge is 2.23. The number of hydrogen-bond donors (Lipinski definition) is 1. The van der Waals surface area contributed by atoms with E-state index in [1.165, 1.54) is 0 Å². The predicted molar refractivity (Wildman–Crippen MR) is 50.7 cm³/mol. The molecule has 5 nitrogen and oxygen atoms in total. The fourth-order valence-corrected chi connectivity index (χ4v) is 1.44. The molecule has 1 aromatic heterocycles. The lowest BCUT2D eigenvalue weighted by molar-refractivity contribution is -0.139. The number of nitrogens with zero attached hydrogens (tertiary/aromatic N) is 3. The zero-order valence-corrected chi connectivity index (χ0v) is 8.69. The van der Waals surface area contributed by atoms with Gasteiger partial charge in [0.1, 0.15) is 0 Å². The molecule has 0 amide bonds. The van der Waals surface area contributed by atoms with Crippen molar-refractivity contribution in [2.45, 2.75) is 26.7 Å². The molecule has 14 heavy (non-hydrogen) atoms. The first-order valence-electron chi connectivity index (χ1n) is 4.46. The van der Waals surface area contributed by atoms with E-state index in [1.807, 2.05) is 20.0 Å². The van der Waals surface area contributed by atoms with E-state index in [4.69, 9.17) is 5.11 Å². The van der Waals surface area contributed by atoms with Crippen LogP contribution in [0.3, 0.4) is 0 Å². The van der Waals surface area contributed by atoms with E-state index in [1.54, 1.807) is 11.7 Å². The van der Waals surface area contributed by atoms with Gasteiger partial charge in [-0.3, -0.25) is 9.48 Å². The second kappa shape index (κ2) is 3.77. The van der Waals surface area contributed by atoms with E-state index >= 15 is 0 Å². The molecule has 1 heterocycles. The van der Waals surface area contributed by atoms with E-state index in [2.05, 4.69) is 10.3 Å². The Morgan fingerprint density at radius 3 is 2.71 bits per heavy atom. The second-order valence-corrected chi connectivity index (χ2v) is 4.30. The fraction of sp³-hybridized carbons (Fsp3) is 0.667. The summed E-state index contributed by atoms with van der Waals surface area (Å²) in [6.45, 7) is 3.82. The molecule has 0 atom stereocenters. The van der Waals surface area contributed by atoms with Crippen LogP contribution in [0.1, 0.15) is 26.0 Å². The minimum absolute atomic E-state index is 0.142. The summed E-state index contributed by atoms with van der Waals surface area (Å²) < 4.78 is 1.62. The van der Waals surface area contributed by atoms with Crippen LogP contribution < -0.4 is 0 Å². The van der Waals surface area contributed by atoms with Crippen molar-refractivity contribution in [3.8, 4) is 0 Å². The minimum atomic E-state index is -0.779. The van der Waals surface area contributed by atoms with Crippen LogP contribution >= 0.6 is 0 Å². The molecule has 0 aromatic carbocycles. The van der Waals surface area contributed by atoms with Gasteiger partial charge in [0.2, 0.25) is 0 Å². The van der Waals surface area contributed by atoms with Gasteiger partial charge in [0.15, 0.2) is 0 Å². The molecule has 0 aliphatic heterocycles. The number of carboxylic acid groups (broad SMARTS) is 1. The number of carbonyl (C=O) groups is 1. The first kappa shape index (κ1) is 10.7. The Morgan fingerprint density at radius 2 is 2.29 bits per heavy atom. The van der Waals surface area contributed by atoms with Crippen molar-refractivity contribution < 1.29 is 9.90 Å². The van der Waals surface area contributed by atoms with Crippen LogP contribution in [-0.4, -0.2) is 26.1 Å². The zero-order chi connectivity index (χ0) is 10.8. The van der Waals surface area contributed by atoms with E-state index in [0.717, 1.165) is 5.69 Å². The molecule has 0 radical (unpaired) electrons. The largest absolute Gasteiger partial charge is 0.481 e. The molecule has 0 aliphatic rings. The van der Waals surface area contributed by atoms with Crippen LogP contribution in [-0.2, 0) is 18.3 Å². The van der Waals surface area contributed by atoms with Gasteiger partial charge in [-0.1, -0.05) is 19.1 Å². The van der Waals surface area contributed by atoms with Gasteiger partial charge in [-0.25, -0.2) is 0 Å². The van der Waals surface area contributed by atoms with Crippen LogP contribution in [0, 0.1) is 5.41 Å². The van der Waals surface area contributed by atoms with Crippen molar-refractivity contribution in [2.24, 2.45) is 12.5 Å².